The van der Waals surface area contributed by atoms with Crippen LogP contribution in [-0.4, -0.2) is 0 Å². The van der Waals surface area contributed by atoms with Gasteiger partial charge in [-0.15, -0.1) is 0 Å². The molecule has 0 radical (unpaired) electrons. The van der Waals surface area contributed by atoms with E-state index in [2.05, 4.69) is 20.8 Å². The first kappa shape index (κ1) is 14.6. The maximum atomic E-state index is 2.71. The zero-order valence-corrected chi connectivity index (χ0v) is 14.7. The Labute approximate surface area is 132 Å². The van der Waals surface area contributed by atoms with Gasteiger partial charge in [0.25, 0.3) is 0 Å². The minimum absolute atomic E-state index is 0.716. The molecular weight excluding hydrogens is 252 g/mol. The Kier molecular flexibility index (Phi) is 3.47. The summed E-state index contributed by atoms with van der Waals surface area (Å²) >= 11 is 0. The van der Waals surface area contributed by atoms with Crippen molar-refractivity contribution in [1.29, 1.82) is 0 Å². The smallest absolute Gasteiger partial charge is 0.0266 e. The van der Waals surface area contributed by atoms with E-state index in [9.17, 15) is 0 Å². The number of hydrogen-bond acceptors (Lipinski definition) is 0. The van der Waals surface area contributed by atoms with Crippen LogP contribution in [0.2, 0.25) is 0 Å². The van der Waals surface area contributed by atoms with Crippen LogP contribution in [0, 0.1) is 40.4 Å². The SMILES string of the molecule is CC[C@H]1CCC2[C@@H]3CCC4CCCC[C@]4(C)C3CC[C@@]21C. The first-order valence-corrected chi connectivity index (χ1v) is 10.1. The van der Waals surface area contributed by atoms with Crippen molar-refractivity contribution in [2.45, 2.75) is 91.4 Å². The predicted octanol–water partition coefficient (Wildman–Crippen LogP) is 6.45. The Balaban J connectivity index is 1.62. The van der Waals surface area contributed by atoms with Gasteiger partial charge in [0.15, 0.2) is 0 Å². The van der Waals surface area contributed by atoms with Crippen LogP contribution in [0.3, 0.4) is 0 Å². The molecule has 4 aliphatic rings. The van der Waals surface area contributed by atoms with E-state index in [1.54, 1.807) is 51.4 Å². The van der Waals surface area contributed by atoms with E-state index in [0.717, 1.165) is 35.0 Å². The molecule has 0 saturated heterocycles. The van der Waals surface area contributed by atoms with E-state index >= 15 is 0 Å². The Bertz CT molecular complexity index is 399. The molecule has 0 heterocycles. The van der Waals surface area contributed by atoms with E-state index in [4.69, 9.17) is 0 Å². The van der Waals surface area contributed by atoms with Crippen LogP contribution in [0.4, 0.5) is 0 Å². The quantitative estimate of drug-likeness (QED) is 0.520. The minimum Gasteiger partial charge on any atom is -0.0651 e. The Morgan fingerprint density at radius 1 is 0.762 bits per heavy atom. The molecule has 3 unspecified atom stereocenters. The Morgan fingerprint density at radius 3 is 2.38 bits per heavy atom. The maximum absolute atomic E-state index is 2.71. The number of rotatable bonds is 1. The molecule has 4 aliphatic carbocycles. The van der Waals surface area contributed by atoms with Crippen molar-refractivity contribution in [2.75, 3.05) is 0 Å². The molecule has 0 amide bonds. The van der Waals surface area contributed by atoms with Gasteiger partial charge < -0.3 is 0 Å². The maximum Gasteiger partial charge on any atom is -0.0266 e. The molecule has 4 fully saturated rings. The molecule has 0 aromatic carbocycles. The highest BCUT2D eigenvalue weighted by Gasteiger charge is 2.59. The van der Waals surface area contributed by atoms with Gasteiger partial charge in [-0.1, -0.05) is 40.0 Å². The Morgan fingerprint density at radius 2 is 1.57 bits per heavy atom. The van der Waals surface area contributed by atoms with Crippen LogP contribution in [-0.2, 0) is 0 Å². The molecule has 120 valence electrons. The zero-order chi connectivity index (χ0) is 14.7. The van der Waals surface area contributed by atoms with Gasteiger partial charge in [0.2, 0.25) is 0 Å². The fraction of sp³-hybridized carbons (Fsp3) is 1.00. The molecule has 0 heteroatoms. The Hall–Kier alpha value is 0. The van der Waals surface area contributed by atoms with Crippen molar-refractivity contribution in [3.05, 3.63) is 0 Å². The van der Waals surface area contributed by atoms with E-state index in [0.29, 0.717) is 5.41 Å². The van der Waals surface area contributed by atoms with Gasteiger partial charge in [0.05, 0.1) is 0 Å². The highest BCUT2D eigenvalue weighted by atomic mass is 14.6. The summed E-state index contributed by atoms with van der Waals surface area (Å²) in [7, 11) is 0. The first-order valence-electron chi connectivity index (χ1n) is 10.1. The monoisotopic (exact) mass is 288 g/mol. The molecule has 0 bridgehead atoms. The van der Waals surface area contributed by atoms with E-state index < -0.39 is 0 Å². The lowest BCUT2D eigenvalue weighted by Crippen LogP contribution is -2.52. The second-order valence-electron chi connectivity index (χ2n) is 9.63. The van der Waals surface area contributed by atoms with Crippen molar-refractivity contribution in [3.8, 4) is 0 Å². The third kappa shape index (κ3) is 1.93. The average molecular weight is 289 g/mol. The molecule has 0 nitrogen and oxygen atoms in total. The fourth-order valence-corrected chi connectivity index (χ4v) is 8.07. The first-order chi connectivity index (χ1) is 10.1. The normalized spacial score (nSPS) is 56.4. The van der Waals surface area contributed by atoms with Crippen LogP contribution in [0.15, 0.2) is 0 Å². The third-order valence-electron chi connectivity index (χ3n) is 9.27. The third-order valence-corrected chi connectivity index (χ3v) is 9.27. The molecule has 0 N–H and O–H groups in total. The van der Waals surface area contributed by atoms with Crippen LogP contribution in [0.5, 0.6) is 0 Å². The van der Waals surface area contributed by atoms with Gasteiger partial charge in [0, 0.05) is 0 Å². The van der Waals surface area contributed by atoms with Crippen molar-refractivity contribution in [3.63, 3.8) is 0 Å². The van der Waals surface area contributed by atoms with Crippen molar-refractivity contribution >= 4 is 0 Å². The van der Waals surface area contributed by atoms with Crippen molar-refractivity contribution in [1.82, 2.24) is 0 Å². The lowest BCUT2D eigenvalue weighted by molar-refractivity contribution is -0.110. The van der Waals surface area contributed by atoms with E-state index in [1.165, 1.54) is 19.3 Å². The summed E-state index contributed by atoms with van der Waals surface area (Å²) < 4.78 is 0. The van der Waals surface area contributed by atoms with Crippen molar-refractivity contribution < 1.29 is 0 Å². The lowest BCUT2D eigenvalue weighted by Gasteiger charge is -2.60. The minimum atomic E-state index is 0.716. The van der Waals surface area contributed by atoms with Gasteiger partial charge in [-0.2, -0.15) is 0 Å². The summed E-state index contributed by atoms with van der Waals surface area (Å²) in [4.78, 5) is 0. The summed E-state index contributed by atoms with van der Waals surface area (Å²) in [6, 6.07) is 0. The number of fused-ring (bicyclic) bond motifs is 5. The molecule has 7 atom stereocenters. The molecule has 0 spiro atoms. The van der Waals surface area contributed by atoms with Crippen LogP contribution < -0.4 is 0 Å². The second kappa shape index (κ2) is 5.00. The largest absolute Gasteiger partial charge is 0.0651 e. The average Bonchev–Trinajstić information content (AvgIpc) is 2.83. The molecule has 0 aliphatic heterocycles. The molecule has 4 rings (SSSR count). The topological polar surface area (TPSA) is 0 Å². The van der Waals surface area contributed by atoms with Gasteiger partial charge in [-0.3, -0.25) is 0 Å². The highest BCUT2D eigenvalue weighted by Crippen LogP contribution is 2.67. The molecule has 4 saturated carbocycles. The summed E-state index contributed by atoms with van der Waals surface area (Å²) in [6.45, 7) is 7.84. The van der Waals surface area contributed by atoms with E-state index in [-0.39, 0.29) is 0 Å². The standard InChI is InChI=1S/C21H36/c1-4-15-9-11-18-17-10-8-16-7-5-6-13-20(16,2)19(17)12-14-21(15,18)3/h15-19H,4-14H2,1-3H3/t15-,16?,17-,18?,19?,20-,21+/m0/s1. The number of hydrogen-bond donors (Lipinski definition) is 0. The summed E-state index contributed by atoms with van der Waals surface area (Å²) in [5.74, 6) is 5.39. The summed E-state index contributed by atoms with van der Waals surface area (Å²) in [6.07, 6.45) is 17.0. The van der Waals surface area contributed by atoms with Gasteiger partial charge >= 0.3 is 0 Å². The lowest BCUT2D eigenvalue weighted by atomic mass is 9.45. The predicted molar refractivity (Wildman–Crippen MR) is 90.1 cm³/mol. The zero-order valence-electron chi connectivity index (χ0n) is 14.7. The summed E-state index contributed by atoms with van der Waals surface area (Å²) in [5, 5.41) is 0. The second-order valence-corrected chi connectivity index (χ2v) is 9.63. The molecule has 0 aromatic heterocycles. The van der Waals surface area contributed by atoms with Crippen LogP contribution in [0.1, 0.15) is 91.4 Å². The van der Waals surface area contributed by atoms with E-state index in [1.807, 2.05) is 0 Å². The van der Waals surface area contributed by atoms with Gasteiger partial charge in [0.1, 0.15) is 0 Å². The molecular formula is C21H36. The van der Waals surface area contributed by atoms with Crippen molar-refractivity contribution in [2.24, 2.45) is 40.4 Å². The fourth-order valence-electron chi connectivity index (χ4n) is 8.07. The van der Waals surface area contributed by atoms with Gasteiger partial charge in [-0.05, 0) is 91.8 Å². The molecule has 21 heavy (non-hydrogen) atoms. The van der Waals surface area contributed by atoms with Gasteiger partial charge in [-0.25, -0.2) is 0 Å². The van der Waals surface area contributed by atoms with Crippen LogP contribution in [0.25, 0.3) is 0 Å². The highest BCUT2D eigenvalue weighted by molar-refractivity contribution is 5.08. The summed E-state index contributed by atoms with van der Waals surface area (Å²) in [5.41, 5.74) is 1.45. The molecule has 0 aromatic rings. The van der Waals surface area contributed by atoms with Crippen LogP contribution >= 0.6 is 0 Å².